The van der Waals surface area contributed by atoms with Gasteiger partial charge in [0.25, 0.3) is 0 Å². The van der Waals surface area contributed by atoms with Crippen LogP contribution in [-0.4, -0.2) is 11.7 Å². The first-order chi connectivity index (χ1) is 9.20. The number of rotatable bonds is 4. The fraction of sp³-hybridized carbons (Fsp3) is 0.0769. The molecule has 0 unspecified atom stereocenters. The normalized spacial score (nSPS) is 9.89. The maximum atomic E-state index is 11.8. The minimum atomic E-state index is -0.111. The molecule has 1 N–H and O–H groups in total. The van der Waals surface area contributed by atoms with E-state index in [9.17, 15) is 4.79 Å². The van der Waals surface area contributed by atoms with Crippen LogP contribution in [0.25, 0.3) is 0 Å². The van der Waals surface area contributed by atoms with Gasteiger partial charge in [-0.3, -0.25) is 4.79 Å². The zero-order valence-electron chi connectivity index (χ0n) is 9.72. The summed E-state index contributed by atoms with van der Waals surface area (Å²) >= 11 is 6.24. The van der Waals surface area contributed by atoms with Gasteiger partial charge in [0.1, 0.15) is 11.1 Å². The molecular formula is C13H9BrN2OS2. The Kier molecular flexibility index (Phi) is 5.02. The summed E-state index contributed by atoms with van der Waals surface area (Å²) in [7, 11) is 0. The number of hydrogen-bond acceptors (Lipinski definition) is 4. The van der Waals surface area contributed by atoms with Crippen LogP contribution in [0.1, 0.15) is 5.56 Å². The van der Waals surface area contributed by atoms with E-state index < -0.39 is 0 Å². The highest BCUT2D eigenvalue weighted by Gasteiger charge is 2.09. The fourth-order valence-corrected chi connectivity index (χ4v) is 3.48. The van der Waals surface area contributed by atoms with E-state index in [0.717, 1.165) is 9.37 Å². The number of hydrogen-bond donors (Lipinski definition) is 1. The molecule has 1 heterocycles. The topological polar surface area (TPSA) is 52.9 Å². The molecule has 1 aromatic carbocycles. The monoisotopic (exact) mass is 352 g/mol. The summed E-state index contributed by atoms with van der Waals surface area (Å²) in [5.74, 6) is 0.200. The van der Waals surface area contributed by atoms with Gasteiger partial charge < -0.3 is 5.32 Å². The lowest BCUT2D eigenvalue weighted by Gasteiger charge is -2.05. The summed E-state index contributed by atoms with van der Waals surface area (Å²) in [4.78, 5) is 12.8. The lowest BCUT2D eigenvalue weighted by molar-refractivity contribution is -0.113. The SMILES string of the molecule is N#Cc1ccsc1NC(=O)CSc1ccccc1Br. The van der Waals surface area contributed by atoms with Crippen molar-refractivity contribution in [3.63, 3.8) is 0 Å². The molecule has 0 radical (unpaired) electrons. The highest BCUT2D eigenvalue weighted by Crippen LogP contribution is 2.27. The first kappa shape index (κ1) is 14.1. The van der Waals surface area contributed by atoms with Crippen LogP contribution in [0.3, 0.4) is 0 Å². The van der Waals surface area contributed by atoms with Crippen molar-refractivity contribution in [2.45, 2.75) is 4.90 Å². The Bertz CT molecular complexity index is 634. The molecule has 3 nitrogen and oxygen atoms in total. The number of thioether (sulfide) groups is 1. The van der Waals surface area contributed by atoms with E-state index in [2.05, 4.69) is 21.2 Å². The highest BCUT2D eigenvalue weighted by atomic mass is 79.9. The second-order valence-corrected chi connectivity index (χ2v) is 6.33. The smallest absolute Gasteiger partial charge is 0.235 e. The van der Waals surface area contributed by atoms with Crippen LogP contribution in [0.5, 0.6) is 0 Å². The Balaban J connectivity index is 1.93. The van der Waals surface area contributed by atoms with Crippen molar-refractivity contribution in [2.24, 2.45) is 0 Å². The number of nitrogens with one attached hydrogen (secondary N) is 1. The molecule has 0 saturated heterocycles. The molecule has 0 saturated carbocycles. The number of benzene rings is 1. The van der Waals surface area contributed by atoms with Crippen molar-refractivity contribution in [1.82, 2.24) is 0 Å². The van der Waals surface area contributed by atoms with E-state index in [1.807, 2.05) is 30.3 Å². The molecule has 2 rings (SSSR count). The second kappa shape index (κ2) is 6.75. The minimum Gasteiger partial charge on any atom is -0.316 e. The molecule has 96 valence electrons. The lowest BCUT2D eigenvalue weighted by atomic mass is 10.3. The first-order valence-corrected chi connectivity index (χ1v) is 8.01. The van der Waals surface area contributed by atoms with E-state index in [4.69, 9.17) is 5.26 Å². The summed E-state index contributed by atoms with van der Waals surface area (Å²) < 4.78 is 0.974. The zero-order valence-corrected chi connectivity index (χ0v) is 12.9. The summed E-state index contributed by atoms with van der Waals surface area (Å²) in [5.41, 5.74) is 0.504. The van der Waals surface area contributed by atoms with Crippen molar-refractivity contribution in [2.75, 3.05) is 11.1 Å². The van der Waals surface area contributed by atoms with Crippen LogP contribution in [-0.2, 0) is 4.79 Å². The Morgan fingerprint density at radius 3 is 2.95 bits per heavy atom. The molecule has 0 atom stereocenters. The molecule has 0 aliphatic rings. The van der Waals surface area contributed by atoms with Crippen LogP contribution in [0, 0.1) is 11.3 Å². The van der Waals surface area contributed by atoms with Gasteiger partial charge in [-0.15, -0.1) is 23.1 Å². The molecule has 1 amide bonds. The molecule has 0 bridgehead atoms. The number of nitrogens with zero attached hydrogens (tertiary/aromatic N) is 1. The third kappa shape index (κ3) is 3.83. The summed E-state index contributed by atoms with van der Waals surface area (Å²) in [6.07, 6.45) is 0. The van der Waals surface area contributed by atoms with Gasteiger partial charge in [-0.1, -0.05) is 12.1 Å². The van der Waals surface area contributed by atoms with Gasteiger partial charge in [-0.05, 0) is 39.5 Å². The highest BCUT2D eigenvalue weighted by molar-refractivity contribution is 9.10. The summed E-state index contributed by atoms with van der Waals surface area (Å²) in [5, 5.41) is 14.0. The Labute approximate surface area is 127 Å². The average Bonchev–Trinajstić information content (AvgIpc) is 2.85. The van der Waals surface area contributed by atoms with Gasteiger partial charge in [-0.2, -0.15) is 5.26 Å². The third-order valence-electron chi connectivity index (χ3n) is 2.23. The molecule has 0 spiro atoms. The maximum Gasteiger partial charge on any atom is 0.235 e. The van der Waals surface area contributed by atoms with E-state index >= 15 is 0 Å². The lowest BCUT2D eigenvalue weighted by Crippen LogP contribution is -2.13. The summed E-state index contributed by atoms with van der Waals surface area (Å²) in [6, 6.07) is 11.5. The Morgan fingerprint density at radius 1 is 1.42 bits per heavy atom. The van der Waals surface area contributed by atoms with Crippen molar-refractivity contribution >= 4 is 49.9 Å². The fourth-order valence-electron chi connectivity index (χ4n) is 1.36. The van der Waals surface area contributed by atoms with Crippen LogP contribution in [0.15, 0.2) is 45.1 Å². The Morgan fingerprint density at radius 2 is 2.21 bits per heavy atom. The van der Waals surface area contributed by atoms with Gasteiger partial charge in [0, 0.05) is 9.37 Å². The van der Waals surface area contributed by atoms with E-state index in [-0.39, 0.29) is 5.91 Å². The van der Waals surface area contributed by atoms with Gasteiger partial charge in [0.15, 0.2) is 0 Å². The first-order valence-electron chi connectivity index (χ1n) is 5.35. The number of nitriles is 1. The predicted molar refractivity (Wildman–Crippen MR) is 82.5 cm³/mol. The number of thiophene rings is 1. The standard InChI is InChI=1S/C13H9BrN2OS2/c14-10-3-1-2-4-11(10)19-8-12(17)16-13-9(7-15)5-6-18-13/h1-6H,8H2,(H,16,17). The average molecular weight is 353 g/mol. The number of carbonyl (C=O) groups excluding carboxylic acids is 1. The maximum absolute atomic E-state index is 11.8. The van der Waals surface area contributed by atoms with Gasteiger partial charge in [0.2, 0.25) is 5.91 Å². The zero-order chi connectivity index (χ0) is 13.7. The molecule has 0 fully saturated rings. The summed E-state index contributed by atoms with van der Waals surface area (Å²) in [6.45, 7) is 0. The molecule has 6 heteroatoms. The van der Waals surface area contributed by atoms with E-state index in [1.54, 1.807) is 11.4 Å². The molecule has 19 heavy (non-hydrogen) atoms. The van der Waals surface area contributed by atoms with Gasteiger partial charge >= 0.3 is 0 Å². The predicted octanol–water partition coefficient (Wildman–Crippen LogP) is 4.11. The van der Waals surface area contributed by atoms with Crippen LogP contribution >= 0.6 is 39.0 Å². The van der Waals surface area contributed by atoms with Gasteiger partial charge in [0.05, 0.1) is 11.3 Å². The van der Waals surface area contributed by atoms with Crippen LogP contribution in [0.4, 0.5) is 5.00 Å². The van der Waals surface area contributed by atoms with E-state index in [1.165, 1.54) is 23.1 Å². The molecular weight excluding hydrogens is 344 g/mol. The molecule has 2 aromatic rings. The van der Waals surface area contributed by atoms with Crippen molar-refractivity contribution in [1.29, 1.82) is 5.26 Å². The van der Waals surface area contributed by atoms with Gasteiger partial charge in [-0.25, -0.2) is 0 Å². The minimum absolute atomic E-state index is 0.111. The number of halogens is 1. The van der Waals surface area contributed by atoms with Crippen LogP contribution < -0.4 is 5.32 Å². The Hall–Kier alpha value is -1.29. The van der Waals surface area contributed by atoms with Crippen molar-refractivity contribution in [3.05, 3.63) is 45.7 Å². The molecule has 1 aromatic heterocycles. The number of carbonyl (C=O) groups is 1. The third-order valence-corrected chi connectivity index (χ3v) is 5.09. The van der Waals surface area contributed by atoms with Crippen molar-refractivity contribution < 1.29 is 4.79 Å². The van der Waals surface area contributed by atoms with E-state index in [0.29, 0.717) is 16.3 Å². The second-order valence-electron chi connectivity index (χ2n) is 3.54. The molecule has 0 aliphatic carbocycles. The van der Waals surface area contributed by atoms with Crippen LogP contribution in [0.2, 0.25) is 0 Å². The van der Waals surface area contributed by atoms with Crippen molar-refractivity contribution in [3.8, 4) is 6.07 Å². The number of amides is 1. The largest absolute Gasteiger partial charge is 0.316 e. The molecule has 0 aliphatic heterocycles. The number of anilines is 1. The quantitative estimate of drug-likeness (QED) is 0.842.